The summed E-state index contributed by atoms with van der Waals surface area (Å²) >= 11 is 6.76. The monoisotopic (exact) mass is 560 g/mol. The van der Waals surface area contributed by atoms with Crippen LogP contribution in [-0.4, -0.2) is 33.0 Å². The molecule has 3 aromatic carbocycles. The number of carbonyl (C=O) groups excluding carboxylic acids is 1. The van der Waals surface area contributed by atoms with E-state index in [0.717, 1.165) is 11.1 Å². The standard InChI is InChI=1S/C31H30ClFN4O3/c1-5-28(38)35-14-19(15-35)16-36-26-13-24(32)22(23-11-20(33)9-10-25(23)34)12-27(26)37(31(40)30(36)39)29-18(4)7-6-8-21(29)17(2)3/h5-13,17,19H,1,14-16,34H2,2-4H3. The average molecular weight is 561 g/mol. The molecule has 9 heteroatoms. The Labute approximate surface area is 235 Å². The first-order chi connectivity index (χ1) is 19.0. The van der Waals surface area contributed by atoms with Crippen LogP contribution in [0, 0.1) is 18.7 Å². The number of carbonyl (C=O) groups is 1. The van der Waals surface area contributed by atoms with Crippen molar-refractivity contribution in [2.45, 2.75) is 33.2 Å². The van der Waals surface area contributed by atoms with E-state index in [0.29, 0.717) is 46.6 Å². The van der Waals surface area contributed by atoms with E-state index in [1.807, 2.05) is 39.0 Å². The first-order valence-corrected chi connectivity index (χ1v) is 13.4. The van der Waals surface area contributed by atoms with Crippen molar-refractivity contribution >= 4 is 34.2 Å². The molecule has 7 nitrogen and oxygen atoms in total. The Morgan fingerprint density at radius 2 is 1.82 bits per heavy atom. The molecule has 0 bridgehead atoms. The Bertz CT molecular complexity index is 1800. The van der Waals surface area contributed by atoms with E-state index >= 15 is 0 Å². The zero-order valence-corrected chi connectivity index (χ0v) is 23.3. The molecule has 1 saturated heterocycles. The van der Waals surface area contributed by atoms with Crippen LogP contribution in [0.2, 0.25) is 5.02 Å². The lowest BCUT2D eigenvalue weighted by Crippen LogP contribution is -2.52. The van der Waals surface area contributed by atoms with Gasteiger partial charge in [0.2, 0.25) is 5.91 Å². The summed E-state index contributed by atoms with van der Waals surface area (Å²) in [4.78, 5) is 41.2. The number of aromatic nitrogens is 2. The lowest BCUT2D eigenvalue weighted by molar-refractivity contribution is -0.132. The van der Waals surface area contributed by atoms with Gasteiger partial charge >= 0.3 is 11.1 Å². The highest BCUT2D eigenvalue weighted by Crippen LogP contribution is 2.37. The molecule has 2 N–H and O–H groups in total. The molecule has 1 aliphatic rings. The van der Waals surface area contributed by atoms with Crippen molar-refractivity contribution in [1.82, 2.24) is 14.0 Å². The van der Waals surface area contributed by atoms with Gasteiger partial charge in [0, 0.05) is 42.4 Å². The molecule has 40 heavy (non-hydrogen) atoms. The molecule has 0 radical (unpaired) electrons. The maximum Gasteiger partial charge on any atom is 0.321 e. The largest absolute Gasteiger partial charge is 0.398 e. The van der Waals surface area contributed by atoms with E-state index in [2.05, 4.69) is 6.58 Å². The second-order valence-corrected chi connectivity index (χ2v) is 11.0. The molecule has 5 rings (SSSR count). The van der Waals surface area contributed by atoms with Crippen molar-refractivity contribution in [3.05, 3.63) is 104 Å². The van der Waals surface area contributed by atoms with E-state index in [4.69, 9.17) is 17.3 Å². The minimum atomic E-state index is -0.706. The molecular formula is C31H30ClFN4O3. The van der Waals surface area contributed by atoms with Crippen LogP contribution < -0.4 is 16.9 Å². The molecule has 206 valence electrons. The summed E-state index contributed by atoms with van der Waals surface area (Å²) in [6.07, 6.45) is 1.26. The third-order valence-corrected chi connectivity index (χ3v) is 7.84. The molecule has 4 aromatic rings. The van der Waals surface area contributed by atoms with Gasteiger partial charge < -0.3 is 15.2 Å². The van der Waals surface area contributed by atoms with Gasteiger partial charge in [0.05, 0.1) is 21.7 Å². The number of fused-ring (bicyclic) bond motifs is 1. The molecule has 1 aliphatic heterocycles. The highest BCUT2D eigenvalue weighted by molar-refractivity contribution is 6.34. The molecule has 1 fully saturated rings. The van der Waals surface area contributed by atoms with E-state index in [9.17, 15) is 18.8 Å². The summed E-state index contributed by atoms with van der Waals surface area (Å²) in [5, 5.41) is 0.258. The van der Waals surface area contributed by atoms with Gasteiger partial charge in [0.25, 0.3) is 0 Å². The Morgan fingerprint density at radius 1 is 1.10 bits per heavy atom. The summed E-state index contributed by atoms with van der Waals surface area (Å²) in [5.41, 5.74) is 9.22. The highest BCUT2D eigenvalue weighted by Gasteiger charge is 2.31. The maximum absolute atomic E-state index is 14.3. The molecular weight excluding hydrogens is 531 g/mol. The van der Waals surface area contributed by atoms with Crippen LogP contribution in [0.3, 0.4) is 0 Å². The third kappa shape index (κ3) is 4.62. The van der Waals surface area contributed by atoms with Crippen molar-refractivity contribution in [3.63, 3.8) is 0 Å². The van der Waals surface area contributed by atoms with E-state index in [1.54, 1.807) is 17.0 Å². The van der Waals surface area contributed by atoms with Crippen molar-refractivity contribution in [3.8, 4) is 16.8 Å². The van der Waals surface area contributed by atoms with Gasteiger partial charge in [-0.3, -0.25) is 19.0 Å². The molecule has 1 aromatic heterocycles. The number of hydrogen-bond donors (Lipinski definition) is 1. The molecule has 2 heterocycles. The number of nitrogens with two attached hydrogens (primary N) is 1. The SMILES string of the molecule is C=CC(=O)N1CC(Cn2c(=O)c(=O)n(-c3c(C)cccc3C(C)C)c3cc(-c4cc(F)ccc4N)c(Cl)cc32)C1. The minimum Gasteiger partial charge on any atom is -0.398 e. The predicted octanol–water partition coefficient (Wildman–Crippen LogP) is 5.27. The predicted molar refractivity (Wildman–Crippen MR) is 158 cm³/mol. The zero-order valence-electron chi connectivity index (χ0n) is 22.6. The van der Waals surface area contributed by atoms with Crippen LogP contribution in [0.4, 0.5) is 10.1 Å². The Kier molecular flexibility index (Phi) is 7.14. The number of aryl methyl sites for hydroxylation is 1. The number of para-hydroxylation sites is 1. The van der Waals surface area contributed by atoms with Crippen LogP contribution in [0.15, 0.2) is 70.8 Å². The van der Waals surface area contributed by atoms with Gasteiger partial charge in [-0.1, -0.05) is 50.2 Å². The topological polar surface area (TPSA) is 90.3 Å². The van der Waals surface area contributed by atoms with Gasteiger partial charge in [0.1, 0.15) is 5.82 Å². The summed E-state index contributed by atoms with van der Waals surface area (Å²) in [6.45, 7) is 10.6. The fourth-order valence-corrected chi connectivity index (χ4v) is 5.71. The van der Waals surface area contributed by atoms with Gasteiger partial charge in [-0.15, -0.1) is 0 Å². The van der Waals surface area contributed by atoms with Crippen molar-refractivity contribution in [2.24, 2.45) is 5.92 Å². The summed E-state index contributed by atoms with van der Waals surface area (Å²) in [5.74, 6) is -0.618. The fourth-order valence-electron chi connectivity index (χ4n) is 5.45. The second-order valence-electron chi connectivity index (χ2n) is 10.6. The Balaban J connectivity index is 1.82. The first kappa shape index (κ1) is 27.4. The molecule has 0 aliphatic carbocycles. The van der Waals surface area contributed by atoms with Crippen LogP contribution in [-0.2, 0) is 11.3 Å². The average Bonchev–Trinajstić information content (AvgIpc) is 2.89. The summed E-state index contributed by atoms with van der Waals surface area (Å²) in [6, 6.07) is 13.1. The highest BCUT2D eigenvalue weighted by atomic mass is 35.5. The Morgan fingerprint density at radius 3 is 2.50 bits per heavy atom. The van der Waals surface area contributed by atoms with Crippen LogP contribution >= 0.6 is 11.6 Å². The number of nitrogen functional groups attached to an aromatic ring is 1. The molecule has 1 amide bonds. The van der Waals surface area contributed by atoms with Crippen molar-refractivity contribution in [1.29, 1.82) is 0 Å². The zero-order chi connectivity index (χ0) is 28.9. The lowest BCUT2D eigenvalue weighted by Gasteiger charge is -2.39. The van der Waals surface area contributed by atoms with Gasteiger partial charge in [-0.25, -0.2) is 4.39 Å². The maximum atomic E-state index is 14.3. The molecule has 0 spiro atoms. The number of hydrogen-bond acceptors (Lipinski definition) is 4. The third-order valence-electron chi connectivity index (χ3n) is 7.53. The van der Waals surface area contributed by atoms with Gasteiger partial charge in [0.15, 0.2) is 0 Å². The first-order valence-electron chi connectivity index (χ1n) is 13.1. The van der Waals surface area contributed by atoms with Crippen LogP contribution in [0.1, 0.15) is 30.9 Å². The number of likely N-dealkylation sites (tertiary alicyclic amines) is 1. The van der Waals surface area contributed by atoms with E-state index in [1.165, 1.54) is 33.4 Å². The molecule has 0 unspecified atom stereocenters. The fraction of sp³-hybridized carbons (Fsp3) is 0.258. The summed E-state index contributed by atoms with van der Waals surface area (Å²) in [7, 11) is 0. The van der Waals surface area contributed by atoms with Crippen molar-refractivity contribution in [2.75, 3.05) is 18.8 Å². The number of nitrogens with zero attached hydrogens (tertiary/aromatic N) is 3. The smallest absolute Gasteiger partial charge is 0.321 e. The van der Waals surface area contributed by atoms with E-state index < -0.39 is 16.9 Å². The van der Waals surface area contributed by atoms with Crippen LogP contribution in [0.25, 0.3) is 27.8 Å². The minimum absolute atomic E-state index is 0.0259. The number of amides is 1. The number of benzene rings is 3. The quantitative estimate of drug-likeness (QED) is 0.198. The van der Waals surface area contributed by atoms with E-state index in [-0.39, 0.29) is 29.3 Å². The second kappa shape index (κ2) is 10.4. The Hall–Kier alpha value is -4.17. The number of anilines is 1. The number of halogens is 2. The normalized spacial score (nSPS) is 13.6. The van der Waals surface area contributed by atoms with Gasteiger partial charge in [-0.2, -0.15) is 0 Å². The van der Waals surface area contributed by atoms with Crippen molar-refractivity contribution < 1.29 is 9.18 Å². The molecule has 0 atom stereocenters. The summed E-state index contributed by atoms with van der Waals surface area (Å²) < 4.78 is 17.2. The van der Waals surface area contributed by atoms with Crippen LogP contribution in [0.5, 0.6) is 0 Å². The number of rotatable bonds is 6. The molecule has 0 saturated carbocycles. The van der Waals surface area contributed by atoms with Gasteiger partial charge in [-0.05, 0) is 60.4 Å². The lowest BCUT2D eigenvalue weighted by atomic mass is 9.97.